The maximum atomic E-state index is 15.3. The number of nitriles is 1. The Hall–Kier alpha value is -8.26. The third kappa shape index (κ3) is 13.4. The highest BCUT2D eigenvalue weighted by Crippen LogP contribution is 2.46. The molecular formula is C62H69F3N12O6S. The van der Waals surface area contributed by atoms with Gasteiger partial charge in [0.1, 0.15) is 52.3 Å². The van der Waals surface area contributed by atoms with Crippen molar-refractivity contribution in [1.82, 2.24) is 45.1 Å². The quantitative estimate of drug-likeness (QED) is 0.0720. The molecule has 440 valence electrons. The summed E-state index contributed by atoms with van der Waals surface area (Å²) in [6.45, 7) is 15.9. The molecule has 3 aliphatic rings. The van der Waals surface area contributed by atoms with Gasteiger partial charge in [0.25, 0.3) is 0 Å². The number of nitrogen functional groups attached to an aromatic ring is 1. The summed E-state index contributed by atoms with van der Waals surface area (Å²) in [5, 5.41) is 31.9. The van der Waals surface area contributed by atoms with Crippen LogP contribution in [0, 0.1) is 40.6 Å². The first kappa shape index (κ1) is 60.3. The number of aliphatic hydroxyl groups excluding tert-OH is 1. The molecule has 3 aromatic carbocycles. The summed E-state index contributed by atoms with van der Waals surface area (Å²) in [6, 6.07) is 20.1. The van der Waals surface area contributed by atoms with Crippen LogP contribution in [-0.2, 0) is 20.9 Å². The first-order valence-corrected chi connectivity index (χ1v) is 29.1. The Kier molecular flexibility index (Phi) is 19.7. The fraction of sp³-hybridized carbons (Fsp3) is 0.403. The van der Waals surface area contributed by atoms with E-state index < -0.39 is 23.5 Å². The van der Waals surface area contributed by atoms with Crippen LogP contribution in [0.25, 0.3) is 54.6 Å². The number of aromatic nitrogens is 7. The predicted octanol–water partition coefficient (Wildman–Crippen LogP) is 11.2. The number of ether oxygens (including phenoxy) is 3. The highest BCUT2D eigenvalue weighted by Gasteiger charge is 2.33. The van der Waals surface area contributed by atoms with Crippen molar-refractivity contribution >= 4 is 56.0 Å². The minimum absolute atomic E-state index is 0.100. The van der Waals surface area contributed by atoms with Crippen molar-refractivity contribution in [2.45, 2.75) is 117 Å². The maximum absolute atomic E-state index is 15.3. The summed E-state index contributed by atoms with van der Waals surface area (Å²) >= 11 is 1.04. The zero-order valence-electron chi connectivity index (χ0n) is 47.8. The number of benzene rings is 3. The zero-order chi connectivity index (χ0) is 59.6. The Labute approximate surface area is 489 Å². The third-order valence-corrected chi connectivity index (χ3v) is 16.8. The lowest BCUT2D eigenvalue weighted by Crippen LogP contribution is -2.31. The molecule has 5 aromatic heterocycles. The molecule has 0 radical (unpaired) electrons. The summed E-state index contributed by atoms with van der Waals surface area (Å²) in [4.78, 5) is 43.3. The lowest BCUT2D eigenvalue weighted by molar-refractivity contribution is -0.118. The van der Waals surface area contributed by atoms with Crippen molar-refractivity contribution in [1.29, 1.82) is 5.26 Å². The Morgan fingerprint density at radius 3 is 2.31 bits per heavy atom. The lowest BCUT2D eigenvalue weighted by atomic mass is 10.0. The average molecular weight is 1170 g/mol. The average Bonchev–Trinajstić information content (AvgIpc) is 4.43. The molecule has 18 nitrogen and oxygen atoms in total. The van der Waals surface area contributed by atoms with Crippen LogP contribution in [0.2, 0.25) is 0 Å². The monoisotopic (exact) mass is 1170 g/mol. The van der Waals surface area contributed by atoms with Crippen LogP contribution >= 0.6 is 11.3 Å². The second-order valence-electron chi connectivity index (χ2n) is 21.8. The summed E-state index contributed by atoms with van der Waals surface area (Å²) in [6.07, 6.45) is 12.8. The number of nitrogens with zero attached hydrogens (tertiary/aromatic N) is 10. The summed E-state index contributed by atoms with van der Waals surface area (Å²) < 4.78 is 63.6. The Morgan fingerprint density at radius 1 is 0.952 bits per heavy atom. The number of hydrogen-bond donors (Lipinski definition) is 3. The molecule has 3 fully saturated rings. The number of rotatable bonds is 17. The van der Waals surface area contributed by atoms with Crippen LogP contribution in [0.1, 0.15) is 109 Å². The zero-order valence-corrected chi connectivity index (χ0v) is 48.7. The number of nitrogens with two attached hydrogens (primary N) is 1. The number of anilines is 2. The van der Waals surface area contributed by atoms with Gasteiger partial charge in [-0.15, -0.1) is 16.4 Å². The number of thiophene rings is 1. The van der Waals surface area contributed by atoms with Crippen LogP contribution in [0.4, 0.5) is 24.0 Å². The van der Waals surface area contributed by atoms with Crippen LogP contribution in [-0.4, -0.2) is 109 Å². The van der Waals surface area contributed by atoms with Crippen molar-refractivity contribution in [3.05, 3.63) is 120 Å². The highest BCUT2D eigenvalue weighted by molar-refractivity contribution is 7.23. The van der Waals surface area contributed by atoms with Crippen molar-refractivity contribution in [3.63, 3.8) is 0 Å². The smallest absolute Gasteiger partial charge is 0.319 e. The number of fused-ring (bicyclic) bond motifs is 2. The third-order valence-electron chi connectivity index (χ3n) is 15.8. The largest absolute Gasteiger partial charge is 0.484 e. The van der Waals surface area contributed by atoms with E-state index in [1.165, 1.54) is 31.0 Å². The van der Waals surface area contributed by atoms with Gasteiger partial charge in [-0.1, -0.05) is 81.4 Å². The number of hydrogen-bond acceptors (Lipinski definition) is 16. The number of likely N-dealkylation sites (tertiary alicyclic amines) is 1. The van der Waals surface area contributed by atoms with Gasteiger partial charge >= 0.3 is 6.01 Å². The first-order chi connectivity index (χ1) is 40.6. The van der Waals surface area contributed by atoms with Crippen LogP contribution in [0.3, 0.4) is 0 Å². The summed E-state index contributed by atoms with van der Waals surface area (Å²) in [5.74, 6) is 0.0480. The topological polar surface area (TPSA) is 233 Å². The SMILES string of the molecule is CC1CCCN1C=O.CCC1CC(C)CN1c1nc(OC2CCOCC2)nc2c(OCc3ccc(-c4cn(C(C)C(C)C)nn4)cc3)c(-c3ccc(F)c4sc(N)c(C#N)c34)ncc12.O=CNC(CO)c1ccc(-c2c(F)cncc2F)cc1. The van der Waals surface area contributed by atoms with Gasteiger partial charge in [-0.05, 0) is 80.2 Å². The minimum atomic E-state index is -0.748. The normalized spacial score (nSPS) is 17.7. The molecule has 0 aliphatic carbocycles. The predicted molar refractivity (Wildman–Crippen MR) is 316 cm³/mol. The van der Waals surface area contributed by atoms with E-state index in [1.807, 2.05) is 40.0 Å². The molecule has 5 unspecified atom stereocenters. The van der Waals surface area contributed by atoms with Gasteiger partial charge in [-0.3, -0.25) is 19.6 Å². The number of pyridine rings is 2. The fourth-order valence-electron chi connectivity index (χ4n) is 10.7. The lowest BCUT2D eigenvalue weighted by Gasteiger charge is -2.28. The van der Waals surface area contributed by atoms with E-state index in [9.17, 15) is 23.6 Å². The van der Waals surface area contributed by atoms with E-state index in [4.69, 9.17) is 40.0 Å². The second-order valence-corrected chi connectivity index (χ2v) is 22.8. The molecular weight excluding hydrogens is 1100 g/mol. The molecule has 22 heteroatoms. The van der Waals surface area contributed by atoms with E-state index in [-0.39, 0.29) is 58.2 Å². The van der Waals surface area contributed by atoms with Crippen LogP contribution in [0.5, 0.6) is 11.8 Å². The Bertz CT molecular complexity index is 3590. The van der Waals surface area contributed by atoms with E-state index in [1.54, 1.807) is 24.4 Å². The van der Waals surface area contributed by atoms with Gasteiger partial charge in [0.2, 0.25) is 12.8 Å². The van der Waals surface area contributed by atoms with Crippen LogP contribution < -0.4 is 25.4 Å². The molecule has 3 aliphatic heterocycles. The molecule has 11 rings (SSSR count). The minimum Gasteiger partial charge on any atom is -0.484 e. The van der Waals surface area contributed by atoms with E-state index >= 15 is 4.39 Å². The summed E-state index contributed by atoms with van der Waals surface area (Å²) in [7, 11) is 0. The standard InChI is InChI=1S/C42H46FN9O3S.C14H12F2N2O2.C6H11NO/c1-6-28-17-24(4)20-51(28)41-32-19-46-36(30-11-12-33(43)39-35(30)31(18-44)40(45)56-39)38(37(32)47-42(48-41)55-29-13-15-53-16-14-29)54-22-26-7-9-27(10-8-26)34-21-52(50-49-34)25(5)23(2)3;15-11-5-17-6-12(16)14(11)10-3-1-9(2-4-10)13(7-19)18-8-20;1-6-3-2-4-7(6)5-8/h7-12,19,21,23-25,28-29H,6,13-17,20,22,45H2,1-5H3;1-6,8,13,19H,7H2,(H,18,20);5-6H,2-4H2,1H3. The van der Waals surface area contributed by atoms with Crippen LogP contribution in [0.15, 0.2) is 85.5 Å². The van der Waals surface area contributed by atoms with Gasteiger partial charge in [0.15, 0.2) is 17.4 Å². The number of carbonyl (C=O) groups is 2. The first-order valence-electron chi connectivity index (χ1n) is 28.3. The number of aliphatic hydroxyl groups is 1. The molecule has 0 bridgehead atoms. The van der Waals surface area contributed by atoms with E-state index in [0.29, 0.717) is 81.9 Å². The van der Waals surface area contributed by atoms with E-state index in [0.717, 1.165) is 91.6 Å². The Balaban J connectivity index is 0.000000247. The van der Waals surface area contributed by atoms with Gasteiger partial charge in [-0.25, -0.2) is 17.9 Å². The molecule has 84 heavy (non-hydrogen) atoms. The number of nitrogens with one attached hydrogen (secondary N) is 1. The molecule has 5 atom stereocenters. The molecule has 8 aromatic rings. The molecule has 8 heterocycles. The molecule has 2 amide bonds. The maximum Gasteiger partial charge on any atom is 0.319 e. The van der Waals surface area contributed by atoms with Crippen molar-refractivity contribution in [2.24, 2.45) is 11.8 Å². The van der Waals surface area contributed by atoms with Gasteiger partial charge < -0.3 is 40.2 Å². The van der Waals surface area contributed by atoms with Crippen molar-refractivity contribution in [3.8, 4) is 51.5 Å². The van der Waals surface area contributed by atoms with Gasteiger partial charge in [0, 0.05) is 60.7 Å². The van der Waals surface area contributed by atoms with Gasteiger partial charge in [0.05, 0.1) is 71.7 Å². The highest BCUT2D eigenvalue weighted by atomic mass is 32.1. The second kappa shape index (κ2) is 27.4. The van der Waals surface area contributed by atoms with E-state index in [2.05, 4.69) is 73.1 Å². The van der Waals surface area contributed by atoms with Crippen molar-refractivity contribution in [2.75, 3.05) is 43.5 Å². The fourth-order valence-corrected chi connectivity index (χ4v) is 11.7. The number of halogens is 3. The van der Waals surface area contributed by atoms with Crippen molar-refractivity contribution < 1.29 is 42.1 Å². The molecule has 4 N–H and O–H groups in total. The number of amides is 2. The molecule has 0 spiro atoms. The summed E-state index contributed by atoms with van der Waals surface area (Å²) in [5.41, 5.74) is 11.4. The number of carbonyl (C=O) groups excluding carboxylic acids is 2. The molecule has 0 saturated carbocycles. The molecule has 3 saturated heterocycles. The van der Waals surface area contributed by atoms with Gasteiger partial charge in [-0.2, -0.15) is 15.2 Å². The Morgan fingerprint density at radius 2 is 1.68 bits per heavy atom.